The van der Waals surface area contributed by atoms with Gasteiger partial charge in [0.05, 0.1) is 6.10 Å². The highest BCUT2D eigenvalue weighted by molar-refractivity contribution is 6.30. The molecule has 18 heavy (non-hydrogen) atoms. The molecule has 1 aromatic rings. The fourth-order valence-corrected chi connectivity index (χ4v) is 1.69. The summed E-state index contributed by atoms with van der Waals surface area (Å²) in [6, 6.07) is 4.41. The van der Waals surface area contributed by atoms with Gasteiger partial charge >= 0.3 is 0 Å². The monoisotopic (exact) mass is 269 g/mol. The zero-order valence-corrected chi connectivity index (χ0v) is 10.2. The van der Waals surface area contributed by atoms with Crippen molar-refractivity contribution < 1.29 is 15.0 Å². The molecule has 1 aromatic carbocycles. The predicted octanol–water partition coefficient (Wildman–Crippen LogP) is 2.25. The molecule has 2 atom stereocenters. The van der Waals surface area contributed by atoms with Crippen LogP contribution in [0, 0.1) is 0 Å². The Morgan fingerprint density at radius 1 is 1.50 bits per heavy atom. The van der Waals surface area contributed by atoms with Gasteiger partial charge in [-0.2, -0.15) is 0 Å². The summed E-state index contributed by atoms with van der Waals surface area (Å²) in [7, 11) is 0. The minimum atomic E-state index is -1.25. The van der Waals surface area contributed by atoms with Crippen molar-refractivity contribution in [2.24, 2.45) is 5.11 Å². The molecule has 6 nitrogen and oxygen atoms in total. The zero-order valence-electron chi connectivity index (χ0n) is 9.40. The third-order valence-corrected chi connectivity index (χ3v) is 2.68. The van der Waals surface area contributed by atoms with E-state index >= 15 is 0 Å². The van der Waals surface area contributed by atoms with Crippen LogP contribution in [0.3, 0.4) is 0 Å². The average Bonchev–Trinajstić information content (AvgIpc) is 2.38. The van der Waals surface area contributed by atoms with Gasteiger partial charge in [0.1, 0.15) is 12.4 Å². The normalized spacial score (nSPS) is 13.5. The summed E-state index contributed by atoms with van der Waals surface area (Å²) in [6.07, 6.45) is -1.71. The van der Waals surface area contributed by atoms with E-state index in [1.54, 1.807) is 0 Å². The summed E-state index contributed by atoms with van der Waals surface area (Å²) in [6.45, 7) is 0.0612. The van der Waals surface area contributed by atoms with Crippen molar-refractivity contribution >= 4 is 17.9 Å². The van der Waals surface area contributed by atoms with Crippen LogP contribution in [0.15, 0.2) is 23.3 Å². The number of aldehydes is 1. The van der Waals surface area contributed by atoms with Crippen molar-refractivity contribution in [2.75, 3.05) is 6.54 Å². The maximum absolute atomic E-state index is 10.8. The van der Waals surface area contributed by atoms with E-state index in [1.807, 2.05) is 0 Å². The molecule has 0 fully saturated rings. The molecule has 0 aliphatic rings. The molecule has 0 bridgehead atoms. The van der Waals surface area contributed by atoms with Gasteiger partial charge in [-0.15, -0.1) is 0 Å². The van der Waals surface area contributed by atoms with Crippen LogP contribution in [0.5, 0.6) is 0 Å². The standard InChI is InChI=1S/C11H12ClN3O3/c12-8-2-1-7(6-16)9(5-8)11(18)10(17)3-4-14-15-13/h1-2,5-6,10-11,17-18H,3-4H2. The number of carbonyl (C=O) groups excluding carboxylic acids is 1. The molecule has 0 aliphatic carbocycles. The number of halogens is 1. The number of benzene rings is 1. The van der Waals surface area contributed by atoms with Crippen LogP contribution in [-0.4, -0.2) is 29.1 Å². The Morgan fingerprint density at radius 2 is 2.22 bits per heavy atom. The minimum Gasteiger partial charge on any atom is -0.390 e. The van der Waals surface area contributed by atoms with Gasteiger partial charge in [0, 0.05) is 22.0 Å². The second-order valence-electron chi connectivity index (χ2n) is 3.65. The van der Waals surface area contributed by atoms with Gasteiger partial charge in [-0.1, -0.05) is 16.7 Å². The number of azide groups is 1. The van der Waals surface area contributed by atoms with E-state index < -0.39 is 12.2 Å². The molecule has 0 amide bonds. The lowest BCUT2D eigenvalue weighted by Gasteiger charge is -2.19. The van der Waals surface area contributed by atoms with Crippen LogP contribution in [0.4, 0.5) is 0 Å². The van der Waals surface area contributed by atoms with Crippen LogP contribution in [0.25, 0.3) is 10.4 Å². The molecule has 2 N–H and O–H groups in total. The van der Waals surface area contributed by atoms with Gasteiger partial charge < -0.3 is 10.2 Å². The van der Waals surface area contributed by atoms with Crippen molar-refractivity contribution in [1.82, 2.24) is 0 Å². The van der Waals surface area contributed by atoms with Crippen molar-refractivity contribution in [3.8, 4) is 0 Å². The molecule has 7 heteroatoms. The van der Waals surface area contributed by atoms with E-state index in [9.17, 15) is 15.0 Å². The summed E-state index contributed by atoms with van der Waals surface area (Å²) in [5.74, 6) is 0. The Hall–Kier alpha value is -1.59. The molecule has 96 valence electrons. The molecule has 0 aliphatic heterocycles. The van der Waals surface area contributed by atoms with Crippen LogP contribution in [-0.2, 0) is 0 Å². The van der Waals surface area contributed by atoms with E-state index in [1.165, 1.54) is 18.2 Å². The highest BCUT2D eigenvalue weighted by atomic mass is 35.5. The zero-order chi connectivity index (χ0) is 13.5. The predicted molar refractivity (Wildman–Crippen MR) is 66.4 cm³/mol. The van der Waals surface area contributed by atoms with Crippen LogP contribution < -0.4 is 0 Å². The van der Waals surface area contributed by atoms with Gasteiger partial charge in [0.2, 0.25) is 0 Å². The first-order chi connectivity index (χ1) is 8.60. The summed E-state index contributed by atoms with van der Waals surface area (Å²) in [5.41, 5.74) is 8.62. The van der Waals surface area contributed by atoms with E-state index in [0.29, 0.717) is 11.3 Å². The van der Waals surface area contributed by atoms with E-state index in [2.05, 4.69) is 10.0 Å². The maximum Gasteiger partial charge on any atom is 0.150 e. The lowest BCUT2D eigenvalue weighted by molar-refractivity contribution is 0.0147. The first kappa shape index (κ1) is 14.5. The second-order valence-corrected chi connectivity index (χ2v) is 4.08. The minimum absolute atomic E-state index is 0.0612. The Balaban J connectivity index is 2.87. The maximum atomic E-state index is 10.8. The number of aliphatic hydroxyl groups excluding tert-OH is 2. The number of carbonyl (C=O) groups is 1. The highest BCUT2D eigenvalue weighted by Gasteiger charge is 2.20. The van der Waals surface area contributed by atoms with Gasteiger partial charge in [0.25, 0.3) is 0 Å². The Labute approximate surface area is 108 Å². The molecule has 0 spiro atoms. The Kier molecular flexibility index (Phi) is 5.61. The van der Waals surface area contributed by atoms with Crippen molar-refractivity contribution in [1.29, 1.82) is 0 Å². The summed E-state index contributed by atoms with van der Waals surface area (Å²) >= 11 is 5.77. The molecule has 1 rings (SSSR count). The third-order valence-electron chi connectivity index (χ3n) is 2.45. The Bertz CT molecular complexity index is 475. The number of aliphatic hydroxyl groups is 2. The fourth-order valence-electron chi connectivity index (χ4n) is 1.51. The molecular weight excluding hydrogens is 258 g/mol. The number of rotatable bonds is 6. The first-order valence-electron chi connectivity index (χ1n) is 5.21. The van der Waals surface area contributed by atoms with E-state index in [-0.39, 0.29) is 24.1 Å². The van der Waals surface area contributed by atoms with Crippen molar-refractivity contribution in [3.05, 3.63) is 44.8 Å². The number of nitrogens with zero attached hydrogens (tertiary/aromatic N) is 3. The third kappa shape index (κ3) is 3.72. The van der Waals surface area contributed by atoms with Crippen LogP contribution >= 0.6 is 11.6 Å². The number of hydrogen-bond donors (Lipinski definition) is 2. The van der Waals surface area contributed by atoms with E-state index in [4.69, 9.17) is 17.1 Å². The lowest BCUT2D eigenvalue weighted by Crippen LogP contribution is -2.20. The SMILES string of the molecule is [N-]=[N+]=NCCC(O)C(O)c1cc(Cl)ccc1C=O. The van der Waals surface area contributed by atoms with Gasteiger partial charge in [-0.05, 0) is 35.7 Å². The second kappa shape index (κ2) is 6.98. The van der Waals surface area contributed by atoms with Crippen LogP contribution in [0.1, 0.15) is 28.4 Å². The first-order valence-corrected chi connectivity index (χ1v) is 5.59. The van der Waals surface area contributed by atoms with Gasteiger partial charge in [0.15, 0.2) is 0 Å². The lowest BCUT2D eigenvalue weighted by atomic mass is 9.98. The fraction of sp³-hybridized carbons (Fsp3) is 0.364. The largest absolute Gasteiger partial charge is 0.390 e. The smallest absolute Gasteiger partial charge is 0.150 e. The average molecular weight is 270 g/mol. The number of hydrogen-bond acceptors (Lipinski definition) is 4. The summed E-state index contributed by atoms with van der Waals surface area (Å²) in [5, 5.41) is 23.3. The van der Waals surface area contributed by atoms with Gasteiger partial charge in [-0.3, -0.25) is 4.79 Å². The highest BCUT2D eigenvalue weighted by Crippen LogP contribution is 2.25. The van der Waals surface area contributed by atoms with Crippen molar-refractivity contribution in [2.45, 2.75) is 18.6 Å². The topological polar surface area (TPSA) is 106 Å². The molecule has 2 unspecified atom stereocenters. The van der Waals surface area contributed by atoms with Crippen LogP contribution in [0.2, 0.25) is 5.02 Å². The molecule has 0 radical (unpaired) electrons. The van der Waals surface area contributed by atoms with Crippen molar-refractivity contribution in [3.63, 3.8) is 0 Å². The van der Waals surface area contributed by atoms with E-state index in [0.717, 1.165) is 0 Å². The molecule has 0 aromatic heterocycles. The quantitative estimate of drug-likeness (QED) is 0.358. The molecule has 0 saturated carbocycles. The molecular formula is C11H12ClN3O3. The molecule has 0 heterocycles. The Morgan fingerprint density at radius 3 is 2.83 bits per heavy atom. The summed E-state index contributed by atoms with van der Waals surface area (Å²) in [4.78, 5) is 13.4. The molecule has 0 saturated heterocycles. The van der Waals surface area contributed by atoms with Gasteiger partial charge in [-0.25, -0.2) is 0 Å². The summed E-state index contributed by atoms with van der Waals surface area (Å²) < 4.78 is 0.